The minimum Gasteiger partial charge on any atom is -0.473 e. The van der Waals surface area contributed by atoms with Crippen molar-refractivity contribution in [2.75, 3.05) is 5.32 Å². The first-order chi connectivity index (χ1) is 15.6. The van der Waals surface area contributed by atoms with Gasteiger partial charge in [-0.3, -0.25) is 9.48 Å². The average Bonchev–Trinajstić information content (AvgIpc) is 3.27. The molecule has 3 aromatic rings. The van der Waals surface area contributed by atoms with Crippen LogP contribution in [0, 0.1) is 0 Å². The van der Waals surface area contributed by atoms with E-state index in [0.717, 1.165) is 11.1 Å². The number of aromatic nitrogens is 4. The molecule has 1 saturated carbocycles. The zero-order valence-corrected chi connectivity index (χ0v) is 19.1. The van der Waals surface area contributed by atoms with Gasteiger partial charge in [0.05, 0.1) is 17.5 Å². The van der Waals surface area contributed by atoms with Crippen molar-refractivity contribution in [3.8, 4) is 23.0 Å². The van der Waals surface area contributed by atoms with Gasteiger partial charge in [0.15, 0.2) is 0 Å². The molecule has 33 heavy (non-hydrogen) atoms. The number of nitrogens with zero attached hydrogens (tertiary/aromatic N) is 4. The van der Waals surface area contributed by atoms with Crippen LogP contribution in [0.25, 0.3) is 11.3 Å². The number of nitrogens with one attached hydrogen (secondary N) is 1. The second-order valence-electron chi connectivity index (χ2n) is 9.75. The highest BCUT2D eigenvalue weighted by molar-refractivity contribution is 6.05. The van der Waals surface area contributed by atoms with Crippen LogP contribution in [0.5, 0.6) is 11.8 Å². The number of aliphatic hydroxyl groups is 1. The molecule has 0 unspecified atom stereocenters. The largest absolute Gasteiger partial charge is 0.473 e. The van der Waals surface area contributed by atoms with Crippen molar-refractivity contribution in [2.24, 2.45) is 7.05 Å². The van der Waals surface area contributed by atoms with Gasteiger partial charge < -0.3 is 19.9 Å². The Morgan fingerprint density at radius 3 is 2.76 bits per heavy atom. The van der Waals surface area contributed by atoms with Crippen LogP contribution in [0.2, 0.25) is 0 Å². The third-order valence-corrected chi connectivity index (χ3v) is 5.87. The van der Waals surface area contributed by atoms with Gasteiger partial charge >= 0.3 is 0 Å². The van der Waals surface area contributed by atoms with E-state index >= 15 is 0 Å². The van der Waals surface area contributed by atoms with Gasteiger partial charge in [0.25, 0.3) is 5.91 Å². The van der Waals surface area contributed by atoms with E-state index < -0.39 is 11.2 Å². The Hall–Kier alpha value is -3.46. The first-order valence-corrected chi connectivity index (χ1v) is 11.0. The van der Waals surface area contributed by atoms with Gasteiger partial charge in [0, 0.05) is 43.6 Å². The molecule has 0 saturated heterocycles. The molecule has 4 heterocycles. The summed E-state index contributed by atoms with van der Waals surface area (Å²) in [7, 11) is 1.84. The first-order valence-electron chi connectivity index (χ1n) is 11.0. The maximum absolute atomic E-state index is 13.3. The van der Waals surface area contributed by atoms with Crippen LogP contribution >= 0.6 is 0 Å². The van der Waals surface area contributed by atoms with Crippen LogP contribution in [0.4, 0.5) is 5.82 Å². The summed E-state index contributed by atoms with van der Waals surface area (Å²) < 4.78 is 13.7. The van der Waals surface area contributed by atoms with Crippen LogP contribution < -0.4 is 14.8 Å². The average molecular weight is 450 g/mol. The van der Waals surface area contributed by atoms with E-state index in [1.807, 2.05) is 39.2 Å². The van der Waals surface area contributed by atoms with Gasteiger partial charge in [-0.05, 0) is 39.0 Å². The van der Waals surface area contributed by atoms with E-state index in [2.05, 4.69) is 20.4 Å². The fourth-order valence-electron chi connectivity index (χ4n) is 4.31. The lowest BCUT2D eigenvalue weighted by atomic mass is 9.79. The fraction of sp³-hybridized carbons (Fsp3) is 0.417. The van der Waals surface area contributed by atoms with E-state index in [4.69, 9.17) is 9.47 Å². The zero-order valence-electron chi connectivity index (χ0n) is 19.1. The Labute approximate surface area is 191 Å². The first kappa shape index (κ1) is 21.4. The van der Waals surface area contributed by atoms with Crippen molar-refractivity contribution >= 4 is 11.7 Å². The highest BCUT2D eigenvalue weighted by atomic mass is 16.5. The van der Waals surface area contributed by atoms with Gasteiger partial charge in [0.2, 0.25) is 11.8 Å². The maximum Gasteiger partial charge on any atom is 0.262 e. The predicted molar refractivity (Wildman–Crippen MR) is 121 cm³/mol. The van der Waals surface area contributed by atoms with Gasteiger partial charge in [0.1, 0.15) is 23.1 Å². The van der Waals surface area contributed by atoms with Gasteiger partial charge in [-0.2, -0.15) is 10.1 Å². The molecule has 1 aliphatic carbocycles. The van der Waals surface area contributed by atoms with Crippen molar-refractivity contribution < 1.29 is 19.4 Å². The number of pyridine rings is 2. The van der Waals surface area contributed by atoms with E-state index in [1.54, 1.807) is 29.9 Å². The Kier molecular flexibility index (Phi) is 4.89. The lowest BCUT2D eigenvalue weighted by Crippen LogP contribution is -2.47. The highest BCUT2D eigenvalue weighted by Crippen LogP contribution is 2.39. The quantitative estimate of drug-likeness (QED) is 0.615. The van der Waals surface area contributed by atoms with Crippen LogP contribution in [0.3, 0.4) is 0 Å². The molecule has 0 aromatic carbocycles. The molecule has 5 rings (SSSR count). The Balaban J connectivity index is 1.42. The SMILES string of the molecule is Cn1cc(-c2cccc(NC(=O)c3cc4c(nc3OC3CC(C)(O)C3)OC(C)(C)C4)n2)cn1. The number of carbonyl (C=O) groups excluding carboxylic acids is 1. The summed E-state index contributed by atoms with van der Waals surface area (Å²) in [5.74, 6) is 0.727. The summed E-state index contributed by atoms with van der Waals surface area (Å²) in [6.07, 6.45) is 4.97. The topological polar surface area (TPSA) is 111 Å². The summed E-state index contributed by atoms with van der Waals surface area (Å²) in [4.78, 5) is 22.4. The maximum atomic E-state index is 13.3. The Bertz CT molecular complexity index is 1230. The second kappa shape index (κ2) is 7.55. The van der Waals surface area contributed by atoms with Crippen LogP contribution in [0.1, 0.15) is 49.5 Å². The molecule has 9 heteroatoms. The minimum absolute atomic E-state index is 0.202. The summed E-state index contributed by atoms with van der Waals surface area (Å²) in [5, 5.41) is 17.1. The number of carbonyl (C=O) groups is 1. The molecule has 172 valence electrons. The number of fused-ring (bicyclic) bond motifs is 1. The third-order valence-electron chi connectivity index (χ3n) is 5.87. The molecule has 1 amide bonds. The number of rotatable bonds is 5. The van der Waals surface area contributed by atoms with Gasteiger partial charge in [-0.1, -0.05) is 6.07 Å². The number of hydrogen-bond acceptors (Lipinski definition) is 7. The van der Waals surface area contributed by atoms with Crippen molar-refractivity contribution in [3.63, 3.8) is 0 Å². The fourth-order valence-corrected chi connectivity index (χ4v) is 4.31. The monoisotopic (exact) mass is 449 g/mol. The molecule has 0 spiro atoms. The molecule has 1 fully saturated rings. The number of amides is 1. The second-order valence-corrected chi connectivity index (χ2v) is 9.75. The van der Waals surface area contributed by atoms with Crippen molar-refractivity contribution in [2.45, 2.75) is 57.3 Å². The highest BCUT2D eigenvalue weighted by Gasteiger charge is 2.41. The lowest BCUT2D eigenvalue weighted by Gasteiger charge is -2.40. The van der Waals surface area contributed by atoms with E-state index in [9.17, 15) is 9.90 Å². The zero-order chi connectivity index (χ0) is 23.4. The molecule has 0 bridgehead atoms. The van der Waals surface area contributed by atoms with E-state index in [-0.39, 0.29) is 17.9 Å². The lowest BCUT2D eigenvalue weighted by molar-refractivity contribution is -0.0904. The van der Waals surface area contributed by atoms with Crippen molar-refractivity contribution in [1.82, 2.24) is 19.7 Å². The predicted octanol–water partition coefficient (Wildman–Crippen LogP) is 3.14. The van der Waals surface area contributed by atoms with Gasteiger partial charge in [-0.15, -0.1) is 0 Å². The van der Waals surface area contributed by atoms with Crippen molar-refractivity contribution in [1.29, 1.82) is 0 Å². The van der Waals surface area contributed by atoms with Crippen LogP contribution in [-0.4, -0.2) is 48.1 Å². The van der Waals surface area contributed by atoms with Crippen molar-refractivity contribution in [3.05, 3.63) is 47.8 Å². The Morgan fingerprint density at radius 1 is 1.27 bits per heavy atom. The molecule has 2 N–H and O–H groups in total. The molecule has 0 atom stereocenters. The molecular formula is C24H27N5O4. The molecular weight excluding hydrogens is 422 g/mol. The summed E-state index contributed by atoms with van der Waals surface area (Å²) in [6, 6.07) is 7.20. The molecule has 1 aliphatic heterocycles. The smallest absolute Gasteiger partial charge is 0.262 e. The molecule has 3 aromatic heterocycles. The summed E-state index contributed by atoms with van der Waals surface area (Å²) >= 11 is 0. The van der Waals surface area contributed by atoms with Crippen LogP contribution in [-0.2, 0) is 13.5 Å². The number of anilines is 1. The number of hydrogen-bond donors (Lipinski definition) is 2. The summed E-state index contributed by atoms with van der Waals surface area (Å²) in [5.41, 5.74) is 1.58. The molecule has 0 radical (unpaired) electrons. The van der Waals surface area contributed by atoms with E-state index in [1.165, 1.54) is 0 Å². The minimum atomic E-state index is -0.751. The standard InChI is InChI=1S/C24H27N5O4/c1-23(2)9-14-8-17(22(28-21(14)33-23)32-16-10-24(3,31)11-16)20(30)27-19-7-5-6-18(26-19)15-12-25-29(4)13-15/h5-8,12-13,16,31H,9-11H2,1-4H3,(H,26,27,30). The van der Waals surface area contributed by atoms with Crippen LogP contribution in [0.15, 0.2) is 36.7 Å². The summed E-state index contributed by atoms with van der Waals surface area (Å²) in [6.45, 7) is 5.72. The third kappa shape index (κ3) is 4.41. The molecule has 2 aliphatic rings. The van der Waals surface area contributed by atoms with Gasteiger partial charge in [-0.25, -0.2) is 4.98 Å². The molecule has 9 nitrogen and oxygen atoms in total. The Morgan fingerprint density at radius 2 is 2.06 bits per heavy atom. The normalized spacial score (nSPS) is 22.8. The van der Waals surface area contributed by atoms with E-state index in [0.29, 0.717) is 42.2 Å². The number of aryl methyl sites for hydroxylation is 1. The number of ether oxygens (including phenoxy) is 2.